The third-order valence-electron chi connectivity index (χ3n) is 3.24. The van der Waals surface area contributed by atoms with E-state index >= 15 is 0 Å². The second kappa shape index (κ2) is 6.30. The van der Waals surface area contributed by atoms with E-state index in [1.807, 2.05) is 26.0 Å². The maximum Gasteiger partial charge on any atom is 0.238 e. The fourth-order valence-electron chi connectivity index (χ4n) is 2.15. The average Bonchev–Trinajstić information content (AvgIpc) is 2.92. The molecule has 1 amide bonds. The standard InChI is InChI=1S/C14H20N2O2S/c1-9-4-5-13(18-3)11(6-9)10(2)16-14(17)12-7-19-8-15-12/h4-6,10,12,15H,7-8H2,1-3H3,(H,16,17). The largest absolute Gasteiger partial charge is 0.496 e. The first kappa shape index (κ1) is 14.2. The number of methoxy groups -OCH3 is 1. The van der Waals surface area contributed by atoms with Gasteiger partial charge in [-0.2, -0.15) is 0 Å². The fraction of sp³-hybridized carbons (Fsp3) is 0.500. The van der Waals surface area contributed by atoms with Crippen molar-refractivity contribution in [1.82, 2.24) is 10.6 Å². The van der Waals surface area contributed by atoms with Crippen molar-refractivity contribution in [3.8, 4) is 5.75 Å². The molecule has 19 heavy (non-hydrogen) atoms. The summed E-state index contributed by atoms with van der Waals surface area (Å²) < 4.78 is 5.36. The minimum Gasteiger partial charge on any atom is -0.496 e. The number of hydrogen-bond donors (Lipinski definition) is 2. The van der Waals surface area contributed by atoms with Crippen LogP contribution in [0, 0.1) is 6.92 Å². The Morgan fingerprint density at radius 2 is 2.37 bits per heavy atom. The molecule has 1 heterocycles. The molecule has 1 saturated heterocycles. The van der Waals surface area contributed by atoms with Crippen molar-refractivity contribution in [1.29, 1.82) is 0 Å². The van der Waals surface area contributed by atoms with Gasteiger partial charge in [0.25, 0.3) is 0 Å². The van der Waals surface area contributed by atoms with Gasteiger partial charge in [0.2, 0.25) is 5.91 Å². The molecule has 104 valence electrons. The van der Waals surface area contributed by atoms with Crippen LogP contribution >= 0.6 is 11.8 Å². The Bertz CT molecular complexity index is 459. The van der Waals surface area contributed by atoms with Crippen molar-refractivity contribution >= 4 is 17.7 Å². The molecule has 2 atom stereocenters. The van der Waals surface area contributed by atoms with E-state index in [-0.39, 0.29) is 18.0 Å². The number of ether oxygens (including phenoxy) is 1. The molecule has 0 saturated carbocycles. The Morgan fingerprint density at radius 3 is 3.00 bits per heavy atom. The lowest BCUT2D eigenvalue weighted by atomic mass is 10.0. The Labute approximate surface area is 118 Å². The number of carbonyl (C=O) groups excluding carboxylic acids is 1. The molecule has 5 heteroatoms. The van der Waals surface area contributed by atoms with E-state index in [2.05, 4.69) is 16.7 Å². The van der Waals surface area contributed by atoms with E-state index in [1.165, 1.54) is 0 Å². The molecule has 0 bridgehead atoms. The van der Waals surface area contributed by atoms with Crippen molar-refractivity contribution in [2.75, 3.05) is 18.7 Å². The van der Waals surface area contributed by atoms with E-state index in [1.54, 1.807) is 18.9 Å². The number of carbonyl (C=O) groups is 1. The highest BCUT2D eigenvalue weighted by Gasteiger charge is 2.24. The summed E-state index contributed by atoms with van der Waals surface area (Å²) in [6, 6.07) is 5.86. The Hall–Kier alpha value is -1.20. The second-order valence-corrected chi connectivity index (χ2v) is 5.78. The van der Waals surface area contributed by atoms with Crippen molar-refractivity contribution in [3.05, 3.63) is 29.3 Å². The zero-order valence-electron chi connectivity index (χ0n) is 11.5. The highest BCUT2D eigenvalue weighted by molar-refractivity contribution is 7.99. The summed E-state index contributed by atoms with van der Waals surface area (Å²) in [4.78, 5) is 12.1. The summed E-state index contributed by atoms with van der Waals surface area (Å²) >= 11 is 1.75. The maximum absolute atomic E-state index is 12.1. The van der Waals surface area contributed by atoms with E-state index in [9.17, 15) is 4.79 Å². The third kappa shape index (κ3) is 3.42. The summed E-state index contributed by atoms with van der Waals surface area (Å²) in [5, 5.41) is 6.22. The monoisotopic (exact) mass is 280 g/mol. The summed E-state index contributed by atoms with van der Waals surface area (Å²) in [6.45, 7) is 4.02. The molecule has 2 unspecified atom stereocenters. The van der Waals surface area contributed by atoms with Crippen molar-refractivity contribution in [2.24, 2.45) is 0 Å². The first-order chi connectivity index (χ1) is 9.11. The summed E-state index contributed by atoms with van der Waals surface area (Å²) in [7, 11) is 1.65. The molecule has 1 aromatic rings. The predicted octanol–water partition coefficient (Wildman–Crippen LogP) is 1.84. The van der Waals surface area contributed by atoms with Crippen LogP contribution < -0.4 is 15.4 Å². The number of nitrogens with one attached hydrogen (secondary N) is 2. The van der Waals surface area contributed by atoms with Gasteiger partial charge < -0.3 is 10.1 Å². The Morgan fingerprint density at radius 1 is 1.58 bits per heavy atom. The predicted molar refractivity (Wildman–Crippen MR) is 78.5 cm³/mol. The van der Waals surface area contributed by atoms with E-state index in [0.29, 0.717) is 0 Å². The molecule has 0 spiro atoms. The molecular weight excluding hydrogens is 260 g/mol. The third-order valence-corrected chi connectivity index (χ3v) is 4.18. The molecule has 2 N–H and O–H groups in total. The summed E-state index contributed by atoms with van der Waals surface area (Å²) in [6.07, 6.45) is 0. The molecule has 2 rings (SSSR count). The van der Waals surface area contributed by atoms with Gasteiger partial charge in [-0.25, -0.2) is 0 Å². The molecule has 0 radical (unpaired) electrons. The normalized spacial score (nSPS) is 20.1. The number of benzene rings is 1. The first-order valence-corrected chi connectivity index (χ1v) is 7.53. The highest BCUT2D eigenvalue weighted by Crippen LogP contribution is 2.26. The fourth-order valence-corrected chi connectivity index (χ4v) is 3.09. The van der Waals surface area contributed by atoms with Crippen LogP contribution in [0.4, 0.5) is 0 Å². The Kier molecular flexibility index (Phi) is 4.71. The van der Waals surface area contributed by atoms with E-state index in [0.717, 1.165) is 28.5 Å². The van der Waals surface area contributed by atoms with Crippen LogP contribution in [-0.2, 0) is 4.79 Å². The summed E-state index contributed by atoms with van der Waals surface area (Å²) in [5.41, 5.74) is 2.17. The molecular formula is C14H20N2O2S. The molecule has 0 aliphatic carbocycles. The van der Waals surface area contributed by atoms with Crippen molar-refractivity contribution in [2.45, 2.75) is 25.9 Å². The Balaban J connectivity index is 2.08. The lowest BCUT2D eigenvalue weighted by Crippen LogP contribution is -2.43. The van der Waals surface area contributed by atoms with Gasteiger partial charge in [-0.1, -0.05) is 17.7 Å². The van der Waals surface area contributed by atoms with Crippen LogP contribution in [0.3, 0.4) is 0 Å². The zero-order valence-corrected chi connectivity index (χ0v) is 12.3. The minimum absolute atomic E-state index is 0.0565. The molecule has 1 aromatic carbocycles. The topological polar surface area (TPSA) is 50.4 Å². The molecule has 1 aliphatic rings. The number of hydrogen-bond acceptors (Lipinski definition) is 4. The van der Waals surface area contributed by atoms with Crippen molar-refractivity contribution in [3.63, 3.8) is 0 Å². The quantitative estimate of drug-likeness (QED) is 0.883. The van der Waals surface area contributed by atoms with Crippen molar-refractivity contribution < 1.29 is 9.53 Å². The van der Waals surface area contributed by atoms with Gasteiger partial charge in [-0.15, -0.1) is 11.8 Å². The average molecular weight is 280 g/mol. The smallest absolute Gasteiger partial charge is 0.238 e. The number of rotatable bonds is 4. The van der Waals surface area contributed by atoms with Gasteiger partial charge >= 0.3 is 0 Å². The van der Waals surface area contributed by atoms with Crippen LogP contribution in [0.25, 0.3) is 0 Å². The molecule has 4 nitrogen and oxygen atoms in total. The van der Waals surface area contributed by atoms with Crippen LogP contribution in [0.15, 0.2) is 18.2 Å². The molecule has 1 fully saturated rings. The minimum atomic E-state index is -0.0803. The van der Waals surface area contributed by atoms with Crippen LogP contribution in [-0.4, -0.2) is 30.7 Å². The second-order valence-electron chi connectivity index (χ2n) is 4.75. The SMILES string of the molecule is COc1ccc(C)cc1C(C)NC(=O)C1CSCN1. The number of thioether (sulfide) groups is 1. The zero-order chi connectivity index (χ0) is 13.8. The van der Waals surface area contributed by atoms with Gasteiger partial charge in [0.05, 0.1) is 19.2 Å². The maximum atomic E-state index is 12.1. The highest BCUT2D eigenvalue weighted by atomic mass is 32.2. The van der Waals surface area contributed by atoms with Gasteiger partial charge in [0.1, 0.15) is 5.75 Å². The number of amides is 1. The molecule has 1 aliphatic heterocycles. The first-order valence-electron chi connectivity index (χ1n) is 6.38. The van der Waals surface area contributed by atoms with E-state index in [4.69, 9.17) is 4.74 Å². The van der Waals surface area contributed by atoms with Crippen LogP contribution in [0.1, 0.15) is 24.1 Å². The van der Waals surface area contributed by atoms with Gasteiger partial charge in [0.15, 0.2) is 0 Å². The van der Waals surface area contributed by atoms with Gasteiger partial charge in [-0.05, 0) is 19.9 Å². The molecule has 0 aromatic heterocycles. The van der Waals surface area contributed by atoms with Crippen LogP contribution in [0.5, 0.6) is 5.75 Å². The lowest BCUT2D eigenvalue weighted by molar-refractivity contribution is -0.123. The van der Waals surface area contributed by atoms with Gasteiger partial charge in [0, 0.05) is 17.2 Å². The summed E-state index contributed by atoms with van der Waals surface area (Å²) in [5.74, 6) is 2.55. The number of aryl methyl sites for hydroxylation is 1. The van der Waals surface area contributed by atoms with Gasteiger partial charge in [-0.3, -0.25) is 10.1 Å². The van der Waals surface area contributed by atoms with E-state index < -0.39 is 0 Å². The lowest BCUT2D eigenvalue weighted by Gasteiger charge is -2.20. The van der Waals surface area contributed by atoms with Crippen LogP contribution in [0.2, 0.25) is 0 Å².